The number of alkyl halides is 4. The lowest BCUT2D eigenvalue weighted by atomic mass is 10.3. The maximum absolute atomic E-state index is 11.7. The van der Waals surface area contributed by atoms with E-state index < -0.39 is 18.9 Å². The Labute approximate surface area is 81.5 Å². The Morgan fingerprint density at radius 1 is 1.42 bits per heavy atom. The summed E-state index contributed by atoms with van der Waals surface area (Å²) in [5, 5.41) is 0. The van der Waals surface area contributed by atoms with E-state index in [1.54, 1.807) is 0 Å². The molecule has 2 atom stereocenters. The first-order valence-electron chi connectivity index (χ1n) is 3.39. The quantitative estimate of drug-likeness (QED) is 0.571. The van der Waals surface area contributed by atoms with Gasteiger partial charge in [-0.25, -0.2) is 0 Å². The van der Waals surface area contributed by atoms with Crippen LogP contribution in [0.3, 0.4) is 0 Å². The number of ether oxygens (including phenoxy) is 2. The first-order chi connectivity index (χ1) is 5.49. The van der Waals surface area contributed by atoms with Crippen LogP contribution in [0, 0.1) is 0 Å². The third kappa shape index (κ3) is 3.44. The minimum absolute atomic E-state index is 0.0324. The van der Waals surface area contributed by atoms with Crippen molar-refractivity contribution >= 4 is 22.6 Å². The largest absolute Gasteiger partial charge is 0.411 e. The number of rotatable bonds is 2. The zero-order valence-corrected chi connectivity index (χ0v) is 8.26. The third-order valence-corrected chi connectivity index (χ3v) is 2.59. The van der Waals surface area contributed by atoms with Crippen LogP contribution < -0.4 is 0 Å². The number of halogens is 4. The molecule has 1 aliphatic heterocycles. The molecular weight excluding hydrogens is 288 g/mol. The Bertz CT molecular complexity index is 150. The fraction of sp³-hybridized carbons (Fsp3) is 1.00. The van der Waals surface area contributed by atoms with Gasteiger partial charge in [0.1, 0.15) is 6.61 Å². The van der Waals surface area contributed by atoms with E-state index in [1.165, 1.54) is 0 Å². The van der Waals surface area contributed by atoms with Crippen molar-refractivity contribution in [2.75, 3.05) is 19.8 Å². The van der Waals surface area contributed by atoms with Crippen LogP contribution in [0.2, 0.25) is 0 Å². The van der Waals surface area contributed by atoms with Crippen molar-refractivity contribution in [3.8, 4) is 0 Å². The average molecular weight is 296 g/mol. The topological polar surface area (TPSA) is 18.5 Å². The summed E-state index contributed by atoms with van der Waals surface area (Å²) < 4.78 is 44.6. The molecular formula is C6H8F3IO2. The van der Waals surface area contributed by atoms with Gasteiger partial charge >= 0.3 is 6.18 Å². The lowest BCUT2D eigenvalue weighted by Gasteiger charge is -2.14. The summed E-state index contributed by atoms with van der Waals surface area (Å²) in [6.45, 7) is -0.437. The average Bonchev–Trinajstić information content (AvgIpc) is 2.29. The van der Waals surface area contributed by atoms with E-state index in [1.807, 2.05) is 22.6 Å². The van der Waals surface area contributed by atoms with Crippen LogP contribution in [0.1, 0.15) is 0 Å². The molecule has 0 spiro atoms. The number of hydrogen-bond acceptors (Lipinski definition) is 2. The Morgan fingerprint density at radius 2 is 2.08 bits per heavy atom. The van der Waals surface area contributed by atoms with Crippen LogP contribution in [-0.4, -0.2) is 36.0 Å². The molecule has 1 rings (SSSR count). The third-order valence-electron chi connectivity index (χ3n) is 1.42. The minimum Gasteiger partial charge on any atom is -0.378 e. The molecule has 1 saturated heterocycles. The molecule has 0 bridgehead atoms. The highest BCUT2D eigenvalue weighted by Crippen LogP contribution is 2.21. The van der Waals surface area contributed by atoms with Crippen LogP contribution in [0.4, 0.5) is 13.2 Å². The Kier molecular flexibility index (Phi) is 3.59. The molecule has 0 aromatic rings. The molecule has 2 nitrogen and oxygen atoms in total. The van der Waals surface area contributed by atoms with Crippen LogP contribution in [-0.2, 0) is 9.47 Å². The van der Waals surface area contributed by atoms with Gasteiger partial charge < -0.3 is 9.47 Å². The van der Waals surface area contributed by atoms with Crippen LogP contribution in [0.15, 0.2) is 0 Å². The molecule has 0 N–H and O–H groups in total. The zero-order chi connectivity index (χ0) is 9.19. The molecule has 72 valence electrons. The second-order valence-electron chi connectivity index (χ2n) is 2.52. The fourth-order valence-corrected chi connectivity index (χ4v) is 1.53. The molecule has 6 heteroatoms. The van der Waals surface area contributed by atoms with Gasteiger partial charge in [-0.05, 0) is 0 Å². The molecule has 0 amide bonds. The number of hydrogen-bond donors (Lipinski definition) is 0. The molecule has 0 aromatic carbocycles. The predicted octanol–water partition coefficient (Wildman–Crippen LogP) is 1.77. The molecule has 0 saturated carbocycles. The smallest absolute Gasteiger partial charge is 0.378 e. The molecule has 1 heterocycles. The van der Waals surface area contributed by atoms with Crippen molar-refractivity contribution in [2.45, 2.75) is 16.2 Å². The first-order valence-corrected chi connectivity index (χ1v) is 4.64. The Balaban J connectivity index is 2.23. The van der Waals surface area contributed by atoms with Crippen molar-refractivity contribution in [2.24, 2.45) is 0 Å². The second-order valence-corrected chi connectivity index (χ2v) is 4.12. The van der Waals surface area contributed by atoms with Crippen molar-refractivity contribution in [3.05, 3.63) is 0 Å². The summed E-state index contributed by atoms with van der Waals surface area (Å²) in [4.78, 5) is 0. The summed E-state index contributed by atoms with van der Waals surface area (Å²) in [5.41, 5.74) is 0. The molecule has 2 unspecified atom stereocenters. The van der Waals surface area contributed by atoms with Crippen molar-refractivity contribution < 1.29 is 22.6 Å². The van der Waals surface area contributed by atoms with Crippen molar-refractivity contribution in [1.29, 1.82) is 0 Å². The zero-order valence-electron chi connectivity index (χ0n) is 6.10. The maximum Gasteiger partial charge on any atom is 0.411 e. The van der Waals surface area contributed by atoms with E-state index in [0.29, 0.717) is 6.61 Å². The SMILES string of the molecule is FC(F)(F)COC1COCC1I. The highest BCUT2D eigenvalue weighted by atomic mass is 127. The van der Waals surface area contributed by atoms with Gasteiger partial charge in [0.05, 0.1) is 23.2 Å². The van der Waals surface area contributed by atoms with E-state index in [-0.39, 0.29) is 10.5 Å². The maximum atomic E-state index is 11.7. The monoisotopic (exact) mass is 296 g/mol. The lowest BCUT2D eigenvalue weighted by molar-refractivity contribution is -0.184. The Hall–Kier alpha value is 0.440. The standard InChI is InChI=1S/C6H8F3IO2/c7-6(8,9)3-12-5-2-11-1-4(5)10/h4-5H,1-3H2. The van der Waals surface area contributed by atoms with Gasteiger partial charge in [0, 0.05) is 0 Å². The first kappa shape index (κ1) is 10.5. The van der Waals surface area contributed by atoms with Crippen LogP contribution >= 0.6 is 22.6 Å². The molecule has 0 aromatic heterocycles. The van der Waals surface area contributed by atoms with E-state index >= 15 is 0 Å². The van der Waals surface area contributed by atoms with Gasteiger partial charge in [0.2, 0.25) is 0 Å². The van der Waals surface area contributed by atoms with E-state index in [2.05, 4.69) is 4.74 Å². The van der Waals surface area contributed by atoms with Gasteiger partial charge in [0.15, 0.2) is 0 Å². The van der Waals surface area contributed by atoms with Crippen LogP contribution in [0.25, 0.3) is 0 Å². The summed E-state index contributed by atoms with van der Waals surface area (Å²) in [6, 6.07) is 0. The highest BCUT2D eigenvalue weighted by Gasteiger charge is 2.33. The van der Waals surface area contributed by atoms with E-state index in [4.69, 9.17) is 4.74 Å². The molecule has 12 heavy (non-hydrogen) atoms. The van der Waals surface area contributed by atoms with Gasteiger partial charge in [-0.15, -0.1) is 0 Å². The summed E-state index contributed by atoms with van der Waals surface area (Å²) >= 11 is 2.03. The van der Waals surface area contributed by atoms with Gasteiger partial charge in [-0.1, -0.05) is 22.6 Å². The molecule has 0 aliphatic carbocycles. The highest BCUT2D eigenvalue weighted by molar-refractivity contribution is 14.1. The van der Waals surface area contributed by atoms with E-state index in [0.717, 1.165) is 0 Å². The van der Waals surface area contributed by atoms with Crippen molar-refractivity contribution in [3.63, 3.8) is 0 Å². The Morgan fingerprint density at radius 3 is 2.50 bits per heavy atom. The summed E-state index contributed by atoms with van der Waals surface area (Å²) in [5.74, 6) is 0. The second kappa shape index (κ2) is 4.10. The van der Waals surface area contributed by atoms with Crippen LogP contribution in [0.5, 0.6) is 0 Å². The molecule has 1 fully saturated rings. The minimum atomic E-state index is -4.24. The van der Waals surface area contributed by atoms with E-state index in [9.17, 15) is 13.2 Å². The van der Waals surface area contributed by atoms with Gasteiger partial charge in [-0.3, -0.25) is 0 Å². The van der Waals surface area contributed by atoms with Gasteiger partial charge in [0.25, 0.3) is 0 Å². The fourth-order valence-electron chi connectivity index (χ4n) is 0.863. The predicted molar refractivity (Wildman–Crippen MR) is 44.4 cm³/mol. The summed E-state index contributed by atoms with van der Waals surface area (Å²) in [7, 11) is 0. The summed E-state index contributed by atoms with van der Waals surface area (Å²) in [6.07, 6.45) is -4.65. The van der Waals surface area contributed by atoms with Gasteiger partial charge in [-0.2, -0.15) is 13.2 Å². The molecule has 0 radical (unpaired) electrons. The van der Waals surface area contributed by atoms with Crippen molar-refractivity contribution in [1.82, 2.24) is 0 Å². The normalized spacial score (nSPS) is 31.0. The molecule has 1 aliphatic rings. The lowest BCUT2D eigenvalue weighted by Crippen LogP contribution is -2.28.